The number of hydrogen-bond donors (Lipinski definition) is 3. The van der Waals surface area contributed by atoms with Gasteiger partial charge < -0.3 is 35.1 Å². The van der Waals surface area contributed by atoms with Crippen molar-refractivity contribution in [2.24, 2.45) is 0 Å². The van der Waals surface area contributed by atoms with Crippen molar-refractivity contribution in [1.29, 1.82) is 0 Å². The molecule has 3 rings (SSSR count). The number of nitrogens with one attached hydrogen (secondary N) is 3. The average Bonchev–Trinajstić information content (AvgIpc) is 3.57. The van der Waals surface area contributed by atoms with E-state index in [1.165, 1.54) is 11.0 Å². The van der Waals surface area contributed by atoms with Crippen molar-refractivity contribution in [2.75, 3.05) is 12.8 Å². The molecule has 2 aromatic rings. The predicted octanol–water partition coefficient (Wildman–Crippen LogP) is 3.64. The first kappa shape index (κ1) is 44.1. The Morgan fingerprint density at radius 1 is 0.818 bits per heavy atom. The lowest BCUT2D eigenvalue weighted by Crippen LogP contribution is -2.54. The van der Waals surface area contributed by atoms with E-state index in [1.807, 2.05) is 0 Å². The number of benzene rings is 2. The Morgan fingerprint density at radius 2 is 1.38 bits per heavy atom. The number of carbonyl (C=O) groups excluding carboxylic acids is 6. The van der Waals surface area contributed by atoms with Crippen LogP contribution in [0.2, 0.25) is 0 Å². The van der Waals surface area contributed by atoms with Gasteiger partial charge in [-0.05, 0) is 65.5 Å². The summed E-state index contributed by atoms with van der Waals surface area (Å²) in [5.74, 6) is -3.67. The highest BCUT2D eigenvalue weighted by molar-refractivity contribution is 7.93. The Labute approximate surface area is 322 Å². The molecule has 15 nitrogen and oxygen atoms in total. The van der Waals surface area contributed by atoms with Crippen LogP contribution in [0, 0.1) is 0 Å². The maximum Gasteiger partial charge on any atom is 0.408 e. The maximum atomic E-state index is 14.3. The van der Waals surface area contributed by atoms with E-state index in [0.29, 0.717) is 17.5 Å². The third-order valence-corrected chi connectivity index (χ3v) is 8.46. The van der Waals surface area contributed by atoms with Crippen molar-refractivity contribution in [1.82, 2.24) is 20.9 Å². The number of rotatable bonds is 15. The van der Waals surface area contributed by atoms with Crippen LogP contribution in [0.4, 0.5) is 4.79 Å². The van der Waals surface area contributed by atoms with E-state index < -0.39 is 87.4 Å². The van der Waals surface area contributed by atoms with Crippen molar-refractivity contribution in [3.8, 4) is 0 Å². The smallest absolute Gasteiger partial charge is 0.408 e. The Kier molecular flexibility index (Phi) is 15.5. The fourth-order valence-corrected chi connectivity index (χ4v) is 6.03. The minimum absolute atomic E-state index is 0.111. The zero-order valence-electron chi connectivity index (χ0n) is 32.3. The molecule has 16 heteroatoms. The van der Waals surface area contributed by atoms with E-state index in [1.54, 1.807) is 102 Å². The summed E-state index contributed by atoms with van der Waals surface area (Å²) >= 11 is 0. The molecular weight excluding hydrogens is 733 g/mol. The van der Waals surface area contributed by atoms with Crippen LogP contribution in [0.25, 0.3) is 0 Å². The summed E-state index contributed by atoms with van der Waals surface area (Å²) in [7, 11) is -3.62. The standard InChI is InChI=1S/C39H52N4O11S/c1-38(2,3)53-31(44)23-28(20-22-55(7,50)51)40-35(47)30-19-14-21-43(30)36(48)33(27-17-12-9-13-18-27)42-34(46)29(24-32(45)54-39(4,5)6)41-37(49)52-25-26-15-10-8-11-16-26/h8-13,15-18,20,22,28-30,33H,14,19,21,23-25H2,1-7H3,(H,40,47)(H,41,49)(H,42,46)/t28-,29+,30-,33-/m1/s1. The van der Waals surface area contributed by atoms with Gasteiger partial charge in [-0.25, -0.2) is 13.2 Å². The van der Waals surface area contributed by atoms with E-state index in [4.69, 9.17) is 14.2 Å². The Hall–Kier alpha value is -5.25. The molecule has 4 amide bonds. The van der Waals surface area contributed by atoms with E-state index in [2.05, 4.69) is 16.0 Å². The molecule has 0 unspecified atom stereocenters. The van der Waals surface area contributed by atoms with Gasteiger partial charge >= 0.3 is 18.0 Å². The Balaban J connectivity index is 1.86. The largest absolute Gasteiger partial charge is 0.460 e. The first-order chi connectivity index (χ1) is 25.6. The molecule has 0 bridgehead atoms. The normalized spacial score (nSPS) is 16.3. The monoisotopic (exact) mass is 784 g/mol. The third-order valence-electron chi connectivity index (χ3n) is 7.81. The van der Waals surface area contributed by atoms with E-state index in [-0.39, 0.29) is 26.0 Å². The second kappa shape index (κ2) is 19.4. The summed E-state index contributed by atoms with van der Waals surface area (Å²) < 4.78 is 39.9. The molecule has 1 aliphatic heterocycles. The molecule has 0 spiro atoms. The summed E-state index contributed by atoms with van der Waals surface area (Å²) in [6, 6.07) is 12.0. The molecule has 55 heavy (non-hydrogen) atoms. The van der Waals surface area contributed by atoms with E-state index in [9.17, 15) is 37.2 Å². The lowest BCUT2D eigenvalue weighted by molar-refractivity contribution is -0.157. The molecule has 4 atom stereocenters. The average molecular weight is 785 g/mol. The van der Waals surface area contributed by atoms with Crippen molar-refractivity contribution >= 4 is 45.6 Å². The zero-order chi connectivity index (χ0) is 41.0. The second-order valence-electron chi connectivity index (χ2n) is 15.2. The molecule has 1 heterocycles. The van der Waals surface area contributed by atoms with Crippen LogP contribution in [0.1, 0.15) is 84.4 Å². The van der Waals surface area contributed by atoms with Gasteiger partial charge in [0.1, 0.15) is 35.9 Å². The molecule has 0 radical (unpaired) electrons. The van der Waals surface area contributed by atoms with Crippen molar-refractivity contribution in [3.63, 3.8) is 0 Å². The highest BCUT2D eigenvalue weighted by Gasteiger charge is 2.40. The Bertz CT molecular complexity index is 1800. The number of likely N-dealkylation sites (tertiary alicyclic amines) is 1. The number of esters is 2. The fraction of sp³-hybridized carbons (Fsp3) is 0.487. The van der Waals surface area contributed by atoms with Crippen molar-refractivity contribution < 1.29 is 51.4 Å². The van der Waals surface area contributed by atoms with Gasteiger partial charge in [-0.15, -0.1) is 0 Å². The number of alkyl carbamates (subject to hydrolysis) is 1. The van der Waals surface area contributed by atoms with Crippen LogP contribution >= 0.6 is 0 Å². The van der Waals surface area contributed by atoms with E-state index in [0.717, 1.165) is 11.7 Å². The first-order valence-electron chi connectivity index (χ1n) is 17.9. The lowest BCUT2D eigenvalue weighted by Gasteiger charge is -2.31. The van der Waals surface area contributed by atoms with Gasteiger partial charge in [-0.2, -0.15) is 0 Å². The van der Waals surface area contributed by atoms with Crippen LogP contribution in [-0.4, -0.2) is 91.2 Å². The van der Waals surface area contributed by atoms with Gasteiger partial charge in [0.15, 0.2) is 9.84 Å². The van der Waals surface area contributed by atoms with Gasteiger partial charge in [-0.3, -0.25) is 24.0 Å². The van der Waals surface area contributed by atoms with Crippen molar-refractivity contribution in [2.45, 2.75) is 109 Å². The van der Waals surface area contributed by atoms with Gasteiger partial charge in [0.25, 0.3) is 0 Å². The summed E-state index contributed by atoms with van der Waals surface area (Å²) in [6.45, 7) is 9.98. The van der Waals surface area contributed by atoms with Gasteiger partial charge in [-0.1, -0.05) is 66.7 Å². The zero-order valence-corrected chi connectivity index (χ0v) is 33.1. The molecular formula is C39H52N4O11S. The van der Waals surface area contributed by atoms with Crippen LogP contribution in [0.5, 0.6) is 0 Å². The molecule has 0 saturated carbocycles. The molecule has 1 fully saturated rings. The highest BCUT2D eigenvalue weighted by Crippen LogP contribution is 2.25. The van der Waals surface area contributed by atoms with Gasteiger partial charge in [0.05, 0.1) is 18.9 Å². The quantitative estimate of drug-likeness (QED) is 0.176. The van der Waals surface area contributed by atoms with Crippen LogP contribution < -0.4 is 16.0 Å². The van der Waals surface area contributed by atoms with Crippen LogP contribution in [-0.2, 0) is 54.6 Å². The lowest BCUT2D eigenvalue weighted by atomic mass is 10.0. The van der Waals surface area contributed by atoms with Gasteiger partial charge in [0.2, 0.25) is 17.7 Å². The molecule has 2 aromatic carbocycles. The molecule has 0 aliphatic carbocycles. The minimum Gasteiger partial charge on any atom is -0.460 e. The number of sulfone groups is 1. The van der Waals surface area contributed by atoms with Crippen molar-refractivity contribution in [3.05, 3.63) is 83.3 Å². The summed E-state index contributed by atoms with van der Waals surface area (Å²) in [5, 5.41) is 8.63. The molecule has 0 aromatic heterocycles. The molecule has 3 N–H and O–H groups in total. The second-order valence-corrected chi connectivity index (χ2v) is 17.1. The fourth-order valence-electron chi connectivity index (χ4n) is 5.56. The number of amides is 4. The molecule has 1 aliphatic rings. The predicted molar refractivity (Wildman–Crippen MR) is 202 cm³/mol. The van der Waals surface area contributed by atoms with Crippen LogP contribution in [0.3, 0.4) is 0 Å². The number of hydrogen-bond acceptors (Lipinski definition) is 11. The summed E-state index contributed by atoms with van der Waals surface area (Å²) in [5.41, 5.74) is -0.686. The minimum atomic E-state index is -3.62. The molecule has 300 valence electrons. The topological polar surface area (TPSA) is 204 Å². The summed E-state index contributed by atoms with van der Waals surface area (Å²) in [4.78, 5) is 81.7. The summed E-state index contributed by atoms with van der Waals surface area (Å²) in [6.07, 6.45) is 0.841. The molecule has 1 saturated heterocycles. The SMILES string of the molecule is CC(C)(C)OC(=O)C[C@@H](C=CS(C)(=O)=O)NC(=O)[C@H]1CCCN1C(=O)[C@H](NC(=O)[C@H](CC(=O)OC(C)(C)C)NC(=O)OCc1ccccc1)c1ccccc1. The Morgan fingerprint density at radius 3 is 1.95 bits per heavy atom. The third kappa shape index (κ3) is 15.9. The maximum absolute atomic E-state index is 14.3. The number of nitrogens with zero attached hydrogens (tertiary/aromatic N) is 1. The van der Waals surface area contributed by atoms with E-state index >= 15 is 0 Å². The highest BCUT2D eigenvalue weighted by atomic mass is 32.2. The number of ether oxygens (including phenoxy) is 3. The van der Waals surface area contributed by atoms with Crippen LogP contribution in [0.15, 0.2) is 72.1 Å². The first-order valence-corrected chi connectivity index (χ1v) is 19.8. The number of carbonyl (C=O) groups is 6. The van der Waals surface area contributed by atoms with Gasteiger partial charge in [0, 0.05) is 18.2 Å².